The van der Waals surface area contributed by atoms with Gasteiger partial charge in [-0.15, -0.1) is 4.98 Å². The Hall–Kier alpha value is -4.14. The fraction of sp³-hybridized carbons (Fsp3) is 0.100. The van der Waals surface area contributed by atoms with Crippen LogP contribution in [0.3, 0.4) is 0 Å². The van der Waals surface area contributed by atoms with Crippen molar-refractivity contribution in [3.8, 4) is 11.5 Å². The highest BCUT2D eigenvalue weighted by molar-refractivity contribution is 5.88. The van der Waals surface area contributed by atoms with Gasteiger partial charge in [-0.3, -0.25) is 14.9 Å². The summed E-state index contributed by atoms with van der Waals surface area (Å²) >= 11 is 0. The Morgan fingerprint density at radius 2 is 1.83 bits per heavy atom. The van der Waals surface area contributed by atoms with Crippen molar-refractivity contribution >= 4 is 23.6 Å². The molecule has 2 aromatic carbocycles. The molecule has 148 valence electrons. The molecule has 9 heteroatoms. The lowest BCUT2D eigenvalue weighted by Gasteiger charge is -2.06. The predicted octanol–water partition coefficient (Wildman–Crippen LogP) is 0.417. The van der Waals surface area contributed by atoms with E-state index in [9.17, 15) is 9.59 Å². The maximum atomic E-state index is 11.7. The van der Waals surface area contributed by atoms with Gasteiger partial charge in [0, 0.05) is 6.07 Å². The number of guanidine groups is 1. The molecule has 0 unspecified atom stereocenters. The minimum absolute atomic E-state index is 0.102. The number of carbonyl (C=O) groups excluding carboxylic acids is 1. The molecule has 5 N–H and O–H groups in total. The van der Waals surface area contributed by atoms with E-state index in [1.165, 1.54) is 13.2 Å². The van der Waals surface area contributed by atoms with E-state index in [1.807, 2.05) is 30.3 Å². The van der Waals surface area contributed by atoms with Crippen molar-refractivity contribution < 1.29 is 19.3 Å². The Morgan fingerprint density at radius 1 is 1.14 bits per heavy atom. The summed E-state index contributed by atoms with van der Waals surface area (Å²) in [6.07, 6.45) is -0.120. The molecule has 1 aromatic heterocycles. The van der Waals surface area contributed by atoms with E-state index in [4.69, 9.17) is 10.5 Å². The largest absolute Gasteiger partial charge is 0.469 e. The van der Waals surface area contributed by atoms with Gasteiger partial charge in [0.25, 0.3) is 11.5 Å². The standard InChI is InChI=1S/C20H19N5O4/c1-28-18(27)12-14-11-17(26)24-20(23-14)25-19(21)22-13-7-9-16(10-8-13)29-15-5-3-2-4-6-15/h2-11H,12H2,1H3,(H4,21,22,23,24,25,26)/p+1. The zero-order valence-electron chi connectivity index (χ0n) is 15.6. The number of para-hydroxylation sites is 1. The SMILES string of the molecule is COC(=O)Cc1cc(=O)[nH]c([NH+]=C(N)Nc2ccc(Oc3ccccc3)cc2)n1. The van der Waals surface area contributed by atoms with E-state index in [1.54, 1.807) is 24.3 Å². The van der Waals surface area contributed by atoms with Gasteiger partial charge in [-0.05, 0) is 36.4 Å². The number of hydrogen-bond acceptors (Lipinski definition) is 5. The van der Waals surface area contributed by atoms with Crippen LogP contribution in [0.25, 0.3) is 0 Å². The number of hydrogen-bond donors (Lipinski definition) is 4. The number of methoxy groups -OCH3 is 1. The molecule has 0 bridgehead atoms. The predicted molar refractivity (Wildman–Crippen MR) is 107 cm³/mol. The van der Waals surface area contributed by atoms with Crippen molar-refractivity contribution in [2.75, 3.05) is 12.4 Å². The van der Waals surface area contributed by atoms with E-state index >= 15 is 0 Å². The molecule has 1 heterocycles. The molecule has 3 aromatic rings. The number of benzene rings is 2. The van der Waals surface area contributed by atoms with Gasteiger partial charge < -0.3 is 15.2 Å². The van der Waals surface area contributed by atoms with Gasteiger partial charge in [0.15, 0.2) is 0 Å². The van der Waals surface area contributed by atoms with Crippen molar-refractivity contribution in [3.05, 3.63) is 76.7 Å². The number of H-pyrrole nitrogens is 1. The van der Waals surface area contributed by atoms with Crippen molar-refractivity contribution in [2.24, 2.45) is 5.73 Å². The van der Waals surface area contributed by atoms with Crippen molar-refractivity contribution in [2.45, 2.75) is 6.42 Å². The number of esters is 1. The van der Waals surface area contributed by atoms with Gasteiger partial charge in [0.1, 0.15) is 17.2 Å². The van der Waals surface area contributed by atoms with E-state index in [0.29, 0.717) is 11.4 Å². The molecule has 9 nitrogen and oxygen atoms in total. The summed E-state index contributed by atoms with van der Waals surface area (Å²) in [6, 6.07) is 17.8. The van der Waals surface area contributed by atoms with Gasteiger partial charge >= 0.3 is 11.9 Å². The zero-order chi connectivity index (χ0) is 20.6. The molecule has 0 fully saturated rings. The number of nitrogens with one attached hydrogen (secondary N) is 3. The van der Waals surface area contributed by atoms with Crippen LogP contribution >= 0.6 is 0 Å². The number of anilines is 1. The van der Waals surface area contributed by atoms with Crippen LogP contribution in [0.15, 0.2) is 65.5 Å². The highest BCUT2D eigenvalue weighted by atomic mass is 16.5. The first-order valence-electron chi connectivity index (χ1n) is 8.68. The summed E-state index contributed by atoms with van der Waals surface area (Å²) < 4.78 is 10.3. The molecule has 0 atom stereocenters. The highest BCUT2D eigenvalue weighted by Gasteiger charge is 2.11. The molecule has 0 aliphatic heterocycles. The van der Waals surface area contributed by atoms with E-state index < -0.39 is 11.5 Å². The van der Waals surface area contributed by atoms with Crippen LogP contribution in [0.2, 0.25) is 0 Å². The Labute approximate surface area is 166 Å². The van der Waals surface area contributed by atoms with Gasteiger partial charge in [-0.2, -0.15) is 0 Å². The number of aromatic nitrogens is 2. The second-order valence-electron chi connectivity index (χ2n) is 5.94. The molecule has 3 rings (SSSR count). The first-order chi connectivity index (χ1) is 14.0. The summed E-state index contributed by atoms with van der Waals surface area (Å²) in [5.74, 6) is 1.16. The monoisotopic (exact) mass is 394 g/mol. The van der Waals surface area contributed by atoms with Gasteiger partial charge in [0.05, 0.1) is 19.2 Å². The van der Waals surface area contributed by atoms with E-state index in [0.717, 1.165) is 5.75 Å². The fourth-order valence-corrected chi connectivity index (χ4v) is 2.42. The zero-order valence-corrected chi connectivity index (χ0v) is 15.6. The minimum Gasteiger partial charge on any atom is -0.469 e. The molecule has 0 saturated heterocycles. The van der Waals surface area contributed by atoms with Crippen molar-refractivity contribution in [3.63, 3.8) is 0 Å². The second kappa shape index (κ2) is 9.18. The Bertz CT molecular complexity index is 1060. The number of nitrogens with zero attached hydrogens (tertiary/aromatic N) is 1. The summed E-state index contributed by atoms with van der Waals surface area (Å²) in [5.41, 5.74) is 6.48. The van der Waals surface area contributed by atoms with Gasteiger partial charge in [-0.25, -0.2) is 9.98 Å². The summed E-state index contributed by atoms with van der Waals surface area (Å²) in [5, 5.41) is 2.95. The average molecular weight is 394 g/mol. The molecule has 0 saturated carbocycles. The van der Waals surface area contributed by atoms with E-state index in [2.05, 4.69) is 25.0 Å². The first kappa shape index (κ1) is 19.6. The van der Waals surface area contributed by atoms with Gasteiger partial charge in [0.2, 0.25) is 0 Å². The molecule has 0 aliphatic rings. The summed E-state index contributed by atoms with van der Waals surface area (Å²) in [7, 11) is 1.26. The highest BCUT2D eigenvalue weighted by Crippen LogP contribution is 2.22. The number of aromatic amines is 1. The summed E-state index contributed by atoms with van der Waals surface area (Å²) in [4.78, 5) is 32.5. The minimum atomic E-state index is -0.498. The maximum Gasteiger partial charge on any atom is 0.325 e. The van der Waals surface area contributed by atoms with Crippen molar-refractivity contribution in [1.82, 2.24) is 9.97 Å². The molecule has 0 radical (unpaired) electrons. The van der Waals surface area contributed by atoms with Crippen LogP contribution in [-0.2, 0) is 16.0 Å². The third-order valence-corrected chi connectivity index (χ3v) is 3.71. The third-order valence-electron chi connectivity index (χ3n) is 3.71. The quantitative estimate of drug-likeness (QED) is 0.270. The molecular formula is C20H20N5O4+. The normalized spacial score (nSPS) is 11.0. The van der Waals surface area contributed by atoms with Crippen LogP contribution in [-0.4, -0.2) is 29.0 Å². The smallest absolute Gasteiger partial charge is 0.325 e. The molecule has 29 heavy (non-hydrogen) atoms. The van der Waals surface area contributed by atoms with Crippen LogP contribution in [0.1, 0.15) is 5.69 Å². The van der Waals surface area contributed by atoms with Crippen LogP contribution < -0.4 is 26.3 Å². The number of carbonyl (C=O) groups is 1. The number of rotatable bonds is 6. The Kier molecular flexibility index (Phi) is 6.21. The van der Waals surface area contributed by atoms with Crippen LogP contribution in [0.4, 0.5) is 11.6 Å². The van der Waals surface area contributed by atoms with Crippen LogP contribution in [0, 0.1) is 0 Å². The van der Waals surface area contributed by atoms with Gasteiger partial charge in [-0.1, -0.05) is 18.2 Å². The lowest BCUT2D eigenvalue weighted by atomic mass is 10.3. The lowest BCUT2D eigenvalue weighted by Crippen LogP contribution is -2.73. The Balaban J connectivity index is 1.68. The lowest BCUT2D eigenvalue weighted by molar-refractivity contribution is -0.365. The third kappa shape index (κ3) is 5.93. The van der Waals surface area contributed by atoms with Crippen LogP contribution in [0.5, 0.6) is 11.5 Å². The first-order valence-corrected chi connectivity index (χ1v) is 8.68. The molecular weight excluding hydrogens is 374 g/mol. The number of nitrogens with two attached hydrogens (primary N) is 1. The summed E-state index contributed by atoms with van der Waals surface area (Å²) in [6.45, 7) is 0. The molecule has 0 spiro atoms. The Morgan fingerprint density at radius 3 is 2.52 bits per heavy atom. The average Bonchev–Trinajstić information content (AvgIpc) is 2.69. The fourth-order valence-electron chi connectivity index (χ4n) is 2.42. The molecule has 0 aliphatic carbocycles. The second-order valence-corrected chi connectivity index (χ2v) is 5.94. The number of ether oxygens (including phenoxy) is 2. The van der Waals surface area contributed by atoms with E-state index in [-0.39, 0.29) is 24.0 Å². The topological polar surface area (TPSA) is 133 Å². The molecule has 0 amide bonds. The maximum absolute atomic E-state index is 11.7. The van der Waals surface area contributed by atoms with Crippen molar-refractivity contribution in [1.29, 1.82) is 0 Å².